The second kappa shape index (κ2) is 7.63. The van der Waals surface area contributed by atoms with Gasteiger partial charge in [-0.05, 0) is 66.8 Å². The highest BCUT2D eigenvalue weighted by atomic mass is 16.5. The average molecular weight is 281 g/mol. The van der Waals surface area contributed by atoms with Gasteiger partial charge in [0.2, 0.25) is 0 Å². The normalized spacial score (nSPS) is 12.5. The van der Waals surface area contributed by atoms with E-state index in [9.17, 15) is 0 Å². The highest BCUT2D eigenvalue weighted by molar-refractivity contribution is 5.82. The maximum atomic E-state index is 5.43. The molecule has 0 bridgehead atoms. The van der Waals surface area contributed by atoms with Crippen LogP contribution in [0.3, 0.4) is 0 Å². The van der Waals surface area contributed by atoms with Crippen molar-refractivity contribution in [2.45, 2.75) is 33.1 Å². The molecule has 2 heteroatoms. The van der Waals surface area contributed by atoms with Crippen LogP contribution in [-0.2, 0) is 0 Å². The molecule has 2 aromatic rings. The van der Waals surface area contributed by atoms with Gasteiger partial charge in [-0.25, -0.2) is 0 Å². The Morgan fingerprint density at radius 1 is 1.00 bits per heavy atom. The first-order valence-electron chi connectivity index (χ1n) is 7.59. The van der Waals surface area contributed by atoms with E-state index in [4.69, 9.17) is 4.74 Å². The van der Waals surface area contributed by atoms with E-state index in [2.05, 4.69) is 43.1 Å². The number of rotatable bonds is 6. The number of nitrogens with zero attached hydrogens (tertiary/aromatic N) is 1. The molecule has 2 aromatic carbocycles. The maximum absolute atomic E-state index is 5.43. The van der Waals surface area contributed by atoms with Crippen LogP contribution in [-0.4, -0.2) is 12.8 Å². The Labute approximate surface area is 127 Å². The molecule has 0 heterocycles. The van der Waals surface area contributed by atoms with Crippen molar-refractivity contribution >= 4 is 11.9 Å². The molecular formula is C19H23NO. The van der Waals surface area contributed by atoms with E-state index in [0.717, 1.165) is 23.4 Å². The van der Waals surface area contributed by atoms with Crippen molar-refractivity contribution in [3.8, 4) is 5.75 Å². The fraction of sp³-hybridized carbons (Fsp3) is 0.316. The van der Waals surface area contributed by atoms with Crippen molar-refractivity contribution in [3.05, 3.63) is 59.7 Å². The standard InChI is InChI=1S/C19H23NO/c1-4-15(3)17-8-10-18(11-9-17)20-14-16-6-12-19(13-7-16)21-5-2/h6-15H,4-5H2,1-3H3. The Kier molecular flexibility index (Phi) is 5.56. The molecule has 0 aliphatic carbocycles. The van der Waals surface area contributed by atoms with Gasteiger partial charge in [-0.3, -0.25) is 4.99 Å². The second-order valence-electron chi connectivity index (χ2n) is 5.16. The molecule has 0 fully saturated rings. The largest absolute Gasteiger partial charge is 0.494 e. The van der Waals surface area contributed by atoms with Crippen molar-refractivity contribution < 1.29 is 4.74 Å². The van der Waals surface area contributed by atoms with Crippen LogP contribution in [0.4, 0.5) is 5.69 Å². The summed E-state index contributed by atoms with van der Waals surface area (Å²) < 4.78 is 5.43. The predicted molar refractivity (Wildman–Crippen MR) is 90.0 cm³/mol. The Bertz CT molecular complexity index is 570. The first kappa shape index (κ1) is 15.3. The quantitative estimate of drug-likeness (QED) is 0.654. The van der Waals surface area contributed by atoms with Crippen LogP contribution in [0.1, 0.15) is 44.2 Å². The van der Waals surface area contributed by atoms with Crippen LogP contribution in [0.15, 0.2) is 53.5 Å². The Balaban J connectivity index is 2.03. The van der Waals surface area contributed by atoms with Gasteiger partial charge in [0, 0.05) is 6.21 Å². The van der Waals surface area contributed by atoms with Crippen molar-refractivity contribution in [3.63, 3.8) is 0 Å². The summed E-state index contributed by atoms with van der Waals surface area (Å²) in [6.07, 6.45) is 3.04. The first-order valence-corrected chi connectivity index (χ1v) is 7.59. The minimum atomic E-state index is 0.606. The van der Waals surface area contributed by atoms with Gasteiger partial charge < -0.3 is 4.74 Å². The minimum absolute atomic E-state index is 0.606. The molecule has 0 aromatic heterocycles. The molecule has 0 saturated carbocycles. The summed E-state index contributed by atoms with van der Waals surface area (Å²) in [6, 6.07) is 16.5. The summed E-state index contributed by atoms with van der Waals surface area (Å²) in [5.74, 6) is 1.50. The first-order chi connectivity index (χ1) is 10.2. The molecule has 2 rings (SSSR count). The number of aliphatic imine (C=N–C) groups is 1. The summed E-state index contributed by atoms with van der Waals surface area (Å²) in [5, 5.41) is 0. The lowest BCUT2D eigenvalue weighted by molar-refractivity contribution is 0.340. The number of ether oxygens (including phenoxy) is 1. The second-order valence-corrected chi connectivity index (χ2v) is 5.16. The molecule has 21 heavy (non-hydrogen) atoms. The number of benzene rings is 2. The van der Waals surface area contributed by atoms with Gasteiger partial charge in [-0.1, -0.05) is 26.0 Å². The van der Waals surface area contributed by atoms with Gasteiger partial charge in [-0.2, -0.15) is 0 Å². The fourth-order valence-corrected chi connectivity index (χ4v) is 2.09. The SMILES string of the molecule is CCOc1ccc(C=Nc2ccc(C(C)CC)cc2)cc1. The average Bonchev–Trinajstić information content (AvgIpc) is 2.54. The van der Waals surface area contributed by atoms with Crippen LogP contribution < -0.4 is 4.74 Å². The highest BCUT2D eigenvalue weighted by Gasteiger charge is 2.01. The predicted octanol–water partition coefficient (Wildman–Crippen LogP) is 5.35. The van der Waals surface area contributed by atoms with E-state index in [0.29, 0.717) is 12.5 Å². The Hall–Kier alpha value is -2.09. The summed E-state index contributed by atoms with van der Waals surface area (Å²) in [7, 11) is 0. The zero-order valence-corrected chi connectivity index (χ0v) is 13.0. The molecule has 2 nitrogen and oxygen atoms in total. The zero-order valence-electron chi connectivity index (χ0n) is 13.0. The lowest BCUT2D eigenvalue weighted by atomic mass is 9.99. The molecule has 0 aliphatic heterocycles. The summed E-state index contributed by atoms with van der Waals surface area (Å²) in [5.41, 5.74) is 3.43. The molecule has 1 atom stereocenters. The van der Waals surface area contributed by atoms with E-state index in [1.165, 1.54) is 5.56 Å². The molecule has 0 aliphatic rings. The third-order valence-electron chi connectivity index (χ3n) is 3.63. The van der Waals surface area contributed by atoms with Crippen LogP contribution >= 0.6 is 0 Å². The molecule has 110 valence electrons. The van der Waals surface area contributed by atoms with Gasteiger partial charge in [0.25, 0.3) is 0 Å². The topological polar surface area (TPSA) is 21.6 Å². The maximum Gasteiger partial charge on any atom is 0.119 e. The van der Waals surface area contributed by atoms with Gasteiger partial charge in [0.15, 0.2) is 0 Å². The van der Waals surface area contributed by atoms with Gasteiger partial charge in [0.05, 0.1) is 12.3 Å². The number of hydrogen-bond acceptors (Lipinski definition) is 2. The van der Waals surface area contributed by atoms with Crippen LogP contribution in [0.25, 0.3) is 0 Å². The molecule has 0 amide bonds. The minimum Gasteiger partial charge on any atom is -0.494 e. The third kappa shape index (κ3) is 4.45. The van der Waals surface area contributed by atoms with E-state index in [-0.39, 0.29) is 0 Å². The van der Waals surface area contributed by atoms with Gasteiger partial charge in [0.1, 0.15) is 5.75 Å². The van der Waals surface area contributed by atoms with Gasteiger partial charge in [-0.15, -0.1) is 0 Å². The molecule has 0 radical (unpaired) electrons. The third-order valence-corrected chi connectivity index (χ3v) is 3.63. The van der Waals surface area contributed by atoms with Crippen LogP contribution in [0, 0.1) is 0 Å². The highest BCUT2D eigenvalue weighted by Crippen LogP contribution is 2.21. The molecule has 0 saturated heterocycles. The van der Waals surface area contributed by atoms with Crippen molar-refractivity contribution in [1.82, 2.24) is 0 Å². The summed E-state index contributed by atoms with van der Waals surface area (Å²) in [6.45, 7) is 7.13. The van der Waals surface area contributed by atoms with Crippen LogP contribution in [0.5, 0.6) is 5.75 Å². The van der Waals surface area contributed by atoms with Crippen LogP contribution in [0.2, 0.25) is 0 Å². The van der Waals surface area contributed by atoms with E-state index < -0.39 is 0 Å². The van der Waals surface area contributed by atoms with Crippen molar-refractivity contribution in [1.29, 1.82) is 0 Å². The molecular weight excluding hydrogens is 258 g/mol. The molecule has 1 unspecified atom stereocenters. The lowest BCUT2D eigenvalue weighted by Gasteiger charge is -2.08. The van der Waals surface area contributed by atoms with Crippen molar-refractivity contribution in [2.75, 3.05) is 6.61 Å². The zero-order chi connectivity index (χ0) is 15.1. The van der Waals surface area contributed by atoms with Crippen molar-refractivity contribution in [2.24, 2.45) is 4.99 Å². The monoisotopic (exact) mass is 281 g/mol. The smallest absolute Gasteiger partial charge is 0.119 e. The van der Waals surface area contributed by atoms with E-state index >= 15 is 0 Å². The molecule has 0 spiro atoms. The van der Waals surface area contributed by atoms with E-state index in [1.54, 1.807) is 0 Å². The summed E-state index contributed by atoms with van der Waals surface area (Å²) in [4.78, 5) is 4.51. The summed E-state index contributed by atoms with van der Waals surface area (Å²) >= 11 is 0. The fourth-order valence-electron chi connectivity index (χ4n) is 2.09. The van der Waals surface area contributed by atoms with Gasteiger partial charge >= 0.3 is 0 Å². The number of hydrogen-bond donors (Lipinski definition) is 0. The Morgan fingerprint density at radius 3 is 2.24 bits per heavy atom. The van der Waals surface area contributed by atoms with E-state index in [1.807, 2.05) is 37.4 Å². The Morgan fingerprint density at radius 2 is 1.67 bits per heavy atom. The lowest BCUT2D eigenvalue weighted by Crippen LogP contribution is -1.91. The molecule has 0 N–H and O–H groups in total.